The number of anilines is 1. The van der Waals surface area contributed by atoms with Crippen molar-refractivity contribution in [2.75, 3.05) is 26.0 Å². The van der Waals surface area contributed by atoms with Gasteiger partial charge >= 0.3 is 5.97 Å². The van der Waals surface area contributed by atoms with Crippen LogP contribution in [0.1, 0.15) is 41.7 Å². The summed E-state index contributed by atoms with van der Waals surface area (Å²) in [6.07, 6.45) is 6.19. The summed E-state index contributed by atoms with van der Waals surface area (Å²) in [6, 6.07) is 0. The van der Waals surface area contributed by atoms with Gasteiger partial charge in [-0.2, -0.15) is 0 Å². The van der Waals surface area contributed by atoms with Crippen molar-refractivity contribution in [3.05, 3.63) is 17.5 Å². The van der Waals surface area contributed by atoms with E-state index in [2.05, 4.69) is 34.3 Å². The molecule has 0 aliphatic heterocycles. The predicted molar refractivity (Wildman–Crippen MR) is 77.1 cm³/mol. The Kier molecular flexibility index (Phi) is 4.23. The first kappa shape index (κ1) is 14.7. The van der Waals surface area contributed by atoms with E-state index in [0.717, 1.165) is 6.54 Å². The van der Waals surface area contributed by atoms with Crippen LogP contribution in [0.2, 0.25) is 0 Å². The highest BCUT2D eigenvalue weighted by atomic mass is 16.4. The molecule has 0 amide bonds. The SMILES string of the molecule is Cc1nc(NCC2(N(C)C)CCCC2)ncc1C(=O)O. The molecule has 0 spiro atoms. The van der Waals surface area contributed by atoms with E-state index in [0.29, 0.717) is 11.6 Å². The second-order valence-corrected chi connectivity index (χ2v) is 5.68. The molecule has 1 heterocycles. The molecule has 1 aromatic rings. The van der Waals surface area contributed by atoms with Crippen molar-refractivity contribution in [2.45, 2.75) is 38.1 Å². The molecule has 0 atom stereocenters. The van der Waals surface area contributed by atoms with Gasteiger partial charge in [0.05, 0.1) is 11.3 Å². The lowest BCUT2D eigenvalue weighted by atomic mass is 9.96. The van der Waals surface area contributed by atoms with Gasteiger partial charge in [0.15, 0.2) is 0 Å². The van der Waals surface area contributed by atoms with Gasteiger partial charge in [-0.3, -0.25) is 0 Å². The highest BCUT2D eigenvalue weighted by Crippen LogP contribution is 2.33. The topological polar surface area (TPSA) is 78.4 Å². The second kappa shape index (κ2) is 5.75. The Hall–Kier alpha value is -1.69. The van der Waals surface area contributed by atoms with E-state index in [1.54, 1.807) is 6.92 Å². The average molecular weight is 278 g/mol. The van der Waals surface area contributed by atoms with Gasteiger partial charge in [-0.25, -0.2) is 14.8 Å². The van der Waals surface area contributed by atoms with E-state index in [9.17, 15) is 4.79 Å². The minimum Gasteiger partial charge on any atom is -0.478 e. The standard InChI is InChI=1S/C14H22N4O2/c1-10-11(12(19)20)8-15-13(17-10)16-9-14(18(2)3)6-4-5-7-14/h8H,4-7,9H2,1-3H3,(H,19,20)(H,15,16,17). The van der Waals surface area contributed by atoms with E-state index in [1.807, 2.05) is 0 Å². The van der Waals surface area contributed by atoms with Gasteiger partial charge in [-0.05, 0) is 33.9 Å². The van der Waals surface area contributed by atoms with Crippen LogP contribution < -0.4 is 5.32 Å². The molecule has 1 aliphatic carbocycles. The maximum Gasteiger partial charge on any atom is 0.339 e. The molecule has 1 aromatic heterocycles. The number of nitrogens with one attached hydrogen (secondary N) is 1. The van der Waals surface area contributed by atoms with Crippen LogP contribution in [0.15, 0.2) is 6.20 Å². The monoisotopic (exact) mass is 278 g/mol. The average Bonchev–Trinajstić information content (AvgIpc) is 2.86. The van der Waals surface area contributed by atoms with Crippen molar-refractivity contribution in [3.8, 4) is 0 Å². The Morgan fingerprint density at radius 2 is 2.10 bits per heavy atom. The molecular formula is C14H22N4O2. The third-order valence-corrected chi connectivity index (χ3v) is 4.27. The molecule has 2 rings (SSSR count). The first-order valence-electron chi connectivity index (χ1n) is 6.93. The van der Waals surface area contributed by atoms with Crippen LogP contribution in [0.3, 0.4) is 0 Å². The minimum absolute atomic E-state index is 0.152. The summed E-state index contributed by atoms with van der Waals surface area (Å²) >= 11 is 0. The number of carbonyl (C=O) groups is 1. The summed E-state index contributed by atoms with van der Waals surface area (Å²) in [5.74, 6) is -0.491. The van der Waals surface area contributed by atoms with Crippen molar-refractivity contribution in [1.82, 2.24) is 14.9 Å². The highest BCUT2D eigenvalue weighted by molar-refractivity contribution is 5.88. The summed E-state index contributed by atoms with van der Waals surface area (Å²) in [7, 11) is 4.21. The molecule has 6 heteroatoms. The van der Waals surface area contributed by atoms with Crippen molar-refractivity contribution in [1.29, 1.82) is 0 Å². The Labute approximate surface area is 119 Å². The smallest absolute Gasteiger partial charge is 0.339 e. The van der Waals surface area contributed by atoms with Crippen molar-refractivity contribution in [2.24, 2.45) is 0 Å². The molecule has 1 saturated carbocycles. The van der Waals surface area contributed by atoms with Crippen LogP contribution in [0.5, 0.6) is 0 Å². The first-order chi connectivity index (χ1) is 9.44. The van der Waals surface area contributed by atoms with Crippen molar-refractivity contribution < 1.29 is 9.90 Å². The molecular weight excluding hydrogens is 256 g/mol. The number of aryl methyl sites for hydroxylation is 1. The maximum atomic E-state index is 10.9. The second-order valence-electron chi connectivity index (χ2n) is 5.68. The van der Waals surface area contributed by atoms with Crippen LogP contribution in [0.25, 0.3) is 0 Å². The summed E-state index contributed by atoms with van der Waals surface area (Å²) in [5.41, 5.74) is 0.794. The fraction of sp³-hybridized carbons (Fsp3) is 0.643. The Bertz CT molecular complexity index is 496. The lowest BCUT2D eigenvalue weighted by molar-refractivity contribution is 0.0695. The molecule has 110 valence electrons. The normalized spacial score (nSPS) is 17.4. The zero-order valence-corrected chi connectivity index (χ0v) is 12.3. The summed E-state index contributed by atoms with van der Waals surface area (Å²) in [4.78, 5) is 21.5. The van der Waals surface area contributed by atoms with E-state index in [1.165, 1.54) is 31.9 Å². The van der Waals surface area contributed by atoms with E-state index >= 15 is 0 Å². The van der Waals surface area contributed by atoms with E-state index in [-0.39, 0.29) is 11.1 Å². The molecule has 1 fully saturated rings. The molecule has 1 aliphatic rings. The largest absolute Gasteiger partial charge is 0.478 e. The number of nitrogens with zero attached hydrogens (tertiary/aromatic N) is 3. The number of hydrogen-bond acceptors (Lipinski definition) is 5. The molecule has 0 aromatic carbocycles. The van der Waals surface area contributed by atoms with Gasteiger partial charge in [0.1, 0.15) is 0 Å². The van der Waals surface area contributed by atoms with Crippen LogP contribution in [0, 0.1) is 6.92 Å². The summed E-state index contributed by atoms with van der Waals surface area (Å²) < 4.78 is 0. The lowest BCUT2D eigenvalue weighted by Gasteiger charge is -2.36. The third-order valence-electron chi connectivity index (χ3n) is 4.27. The van der Waals surface area contributed by atoms with Crippen molar-refractivity contribution in [3.63, 3.8) is 0 Å². The number of carboxylic acid groups (broad SMARTS) is 1. The lowest BCUT2D eigenvalue weighted by Crippen LogP contribution is -2.47. The number of carboxylic acids is 1. The fourth-order valence-corrected chi connectivity index (χ4v) is 2.82. The van der Waals surface area contributed by atoms with Gasteiger partial charge < -0.3 is 15.3 Å². The quantitative estimate of drug-likeness (QED) is 0.854. The van der Waals surface area contributed by atoms with E-state index in [4.69, 9.17) is 5.11 Å². The molecule has 6 nitrogen and oxygen atoms in total. The van der Waals surface area contributed by atoms with Gasteiger partial charge in [0, 0.05) is 18.3 Å². The van der Waals surface area contributed by atoms with E-state index < -0.39 is 5.97 Å². The molecule has 0 saturated heterocycles. The molecule has 0 unspecified atom stereocenters. The zero-order chi connectivity index (χ0) is 14.8. The summed E-state index contributed by atoms with van der Waals surface area (Å²) in [5, 5.41) is 12.2. The van der Waals surface area contributed by atoms with Crippen LogP contribution in [0.4, 0.5) is 5.95 Å². The fourth-order valence-electron chi connectivity index (χ4n) is 2.82. The Morgan fingerprint density at radius 1 is 1.45 bits per heavy atom. The number of rotatable bonds is 5. The highest BCUT2D eigenvalue weighted by Gasteiger charge is 2.35. The van der Waals surface area contributed by atoms with Gasteiger partial charge in [0.25, 0.3) is 0 Å². The zero-order valence-electron chi connectivity index (χ0n) is 12.3. The van der Waals surface area contributed by atoms with Crippen LogP contribution in [-0.2, 0) is 0 Å². The van der Waals surface area contributed by atoms with Crippen molar-refractivity contribution >= 4 is 11.9 Å². The van der Waals surface area contributed by atoms with Crippen LogP contribution in [-0.4, -0.2) is 52.1 Å². The third kappa shape index (κ3) is 2.90. The first-order valence-corrected chi connectivity index (χ1v) is 6.93. The summed E-state index contributed by atoms with van der Waals surface area (Å²) in [6.45, 7) is 2.47. The number of aromatic nitrogens is 2. The number of hydrogen-bond donors (Lipinski definition) is 2. The van der Waals surface area contributed by atoms with Gasteiger partial charge in [0.2, 0.25) is 5.95 Å². The molecule has 0 bridgehead atoms. The number of aromatic carboxylic acids is 1. The molecule has 0 radical (unpaired) electrons. The Morgan fingerprint density at radius 3 is 2.60 bits per heavy atom. The Balaban J connectivity index is 2.07. The van der Waals surface area contributed by atoms with Gasteiger partial charge in [-0.1, -0.05) is 12.8 Å². The van der Waals surface area contributed by atoms with Crippen LogP contribution >= 0.6 is 0 Å². The van der Waals surface area contributed by atoms with Gasteiger partial charge in [-0.15, -0.1) is 0 Å². The number of likely N-dealkylation sites (N-methyl/N-ethyl adjacent to an activating group) is 1. The minimum atomic E-state index is -0.991. The maximum absolute atomic E-state index is 10.9. The molecule has 2 N–H and O–H groups in total. The predicted octanol–water partition coefficient (Wildman–Crippen LogP) is 1.77. The molecule has 20 heavy (non-hydrogen) atoms.